The molecule has 1 aliphatic carbocycles. The smallest absolute Gasteiger partial charge is 0.139 e. The van der Waals surface area contributed by atoms with Crippen LogP contribution in [0.5, 0.6) is 0 Å². The van der Waals surface area contributed by atoms with Crippen LogP contribution in [0.1, 0.15) is 36.9 Å². The number of anilines is 1. The zero-order valence-electron chi connectivity index (χ0n) is 11.3. The number of pyridine rings is 1. The van der Waals surface area contributed by atoms with Gasteiger partial charge in [-0.3, -0.25) is 4.98 Å². The molecular formula is C15H17BrN4. The van der Waals surface area contributed by atoms with E-state index in [2.05, 4.69) is 43.0 Å². The minimum atomic E-state index is 0.0772. The topological polar surface area (TPSA) is 42.7 Å². The van der Waals surface area contributed by atoms with E-state index in [-0.39, 0.29) is 5.41 Å². The molecule has 0 bridgehead atoms. The molecule has 5 heteroatoms. The number of rotatable bonds is 2. The SMILES string of the molecule is Brc1c(C2(c3ccncc3)CCC2)nn2c1NCCC2. The Balaban J connectivity index is 1.85. The Hall–Kier alpha value is -1.36. The lowest BCUT2D eigenvalue weighted by Gasteiger charge is -2.41. The highest BCUT2D eigenvalue weighted by Gasteiger charge is 2.44. The summed E-state index contributed by atoms with van der Waals surface area (Å²) < 4.78 is 3.26. The van der Waals surface area contributed by atoms with Gasteiger partial charge in [0.1, 0.15) is 5.82 Å². The summed E-state index contributed by atoms with van der Waals surface area (Å²) in [6.07, 6.45) is 8.53. The molecule has 20 heavy (non-hydrogen) atoms. The fourth-order valence-corrected chi connectivity index (χ4v) is 4.18. The standard InChI is InChI=1S/C15H17BrN4/c16-12-13(19-20-10-2-7-18-14(12)20)15(5-1-6-15)11-3-8-17-9-4-11/h3-4,8-9,18H,1-2,5-7,10H2. The van der Waals surface area contributed by atoms with Crippen LogP contribution in [-0.2, 0) is 12.0 Å². The average molecular weight is 333 g/mol. The second-order valence-corrected chi connectivity index (χ2v) is 6.48. The Morgan fingerprint density at radius 3 is 2.65 bits per heavy atom. The number of halogens is 1. The van der Waals surface area contributed by atoms with Crippen molar-refractivity contribution in [2.24, 2.45) is 0 Å². The van der Waals surface area contributed by atoms with Crippen molar-refractivity contribution in [3.05, 3.63) is 40.3 Å². The molecule has 3 heterocycles. The third-order valence-corrected chi connectivity index (χ3v) is 5.38. The number of nitrogens with one attached hydrogen (secondary N) is 1. The van der Waals surface area contributed by atoms with E-state index in [0.717, 1.165) is 29.8 Å². The molecule has 0 aromatic carbocycles. The van der Waals surface area contributed by atoms with E-state index < -0.39 is 0 Å². The molecule has 1 fully saturated rings. The summed E-state index contributed by atoms with van der Waals surface area (Å²) in [5, 5.41) is 8.37. The van der Waals surface area contributed by atoms with Crippen molar-refractivity contribution < 1.29 is 0 Å². The van der Waals surface area contributed by atoms with Crippen LogP contribution in [-0.4, -0.2) is 21.3 Å². The van der Waals surface area contributed by atoms with Crippen LogP contribution < -0.4 is 5.32 Å². The maximum atomic E-state index is 4.91. The van der Waals surface area contributed by atoms with E-state index in [0.29, 0.717) is 0 Å². The molecule has 1 aliphatic heterocycles. The molecule has 2 aromatic rings. The van der Waals surface area contributed by atoms with E-state index >= 15 is 0 Å². The summed E-state index contributed by atoms with van der Waals surface area (Å²) >= 11 is 3.78. The highest BCUT2D eigenvalue weighted by molar-refractivity contribution is 9.10. The van der Waals surface area contributed by atoms with E-state index in [1.807, 2.05) is 12.4 Å². The molecule has 4 nitrogen and oxygen atoms in total. The first-order valence-corrected chi connectivity index (χ1v) is 8.02. The van der Waals surface area contributed by atoms with E-state index in [4.69, 9.17) is 5.10 Å². The van der Waals surface area contributed by atoms with E-state index in [1.165, 1.54) is 30.5 Å². The van der Waals surface area contributed by atoms with Crippen LogP contribution in [0, 0.1) is 0 Å². The fourth-order valence-electron chi connectivity index (χ4n) is 3.38. The fraction of sp³-hybridized carbons (Fsp3) is 0.467. The third kappa shape index (κ3) is 1.65. The Kier molecular flexibility index (Phi) is 2.84. The number of hydrogen-bond donors (Lipinski definition) is 1. The Bertz CT molecular complexity index is 631. The first-order chi connectivity index (χ1) is 9.81. The van der Waals surface area contributed by atoms with Crippen molar-refractivity contribution in [2.75, 3.05) is 11.9 Å². The quantitative estimate of drug-likeness (QED) is 0.917. The molecule has 2 aliphatic rings. The van der Waals surface area contributed by atoms with E-state index in [9.17, 15) is 0 Å². The first-order valence-electron chi connectivity index (χ1n) is 7.22. The number of aryl methyl sites for hydroxylation is 1. The van der Waals surface area contributed by atoms with Crippen LogP contribution >= 0.6 is 15.9 Å². The summed E-state index contributed by atoms with van der Waals surface area (Å²) in [5.74, 6) is 1.14. The number of aromatic nitrogens is 3. The lowest BCUT2D eigenvalue weighted by Crippen LogP contribution is -2.36. The van der Waals surface area contributed by atoms with Crippen molar-refractivity contribution in [1.29, 1.82) is 0 Å². The summed E-state index contributed by atoms with van der Waals surface area (Å²) in [7, 11) is 0. The Morgan fingerprint density at radius 2 is 2.00 bits per heavy atom. The van der Waals surface area contributed by atoms with Crippen molar-refractivity contribution >= 4 is 21.7 Å². The van der Waals surface area contributed by atoms with Crippen molar-refractivity contribution in [3.8, 4) is 0 Å². The molecule has 104 valence electrons. The average Bonchev–Trinajstić information content (AvgIpc) is 2.78. The van der Waals surface area contributed by atoms with Crippen molar-refractivity contribution in [2.45, 2.75) is 37.6 Å². The lowest BCUT2D eigenvalue weighted by molar-refractivity contribution is 0.289. The summed E-state index contributed by atoms with van der Waals surface area (Å²) in [6.45, 7) is 2.04. The first kappa shape index (κ1) is 12.4. The molecule has 0 unspecified atom stereocenters. The molecule has 0 spiro atoms. The molecule has 1 N–H and O–H groups in total. The molecule has 1 saturated carbocycles. The molecule has 2 aromatic heterocycles. The predicted molar refractivity (Wildman–Crippen MR) is 81.9 cm³/mol. The minimum absolute atomic E-state index is 0.0772. The Labute approximate surface area is 126 Å². The van der Waals surface area contributed by atoms with Crippen LogP contribution in [0.4, 0.5) is 5.82 Å². The zero-order chi connectivity index (χ0) is 13.6. The van der Waals surface area contributed by atoms with Gasteiger partial charge in [0.25, 0.3) is 0 Å². The summed E-state index contributed by atoms with van der Waals surface area (Å²) in [5.41, 5.74) is 2.61. The molecule has 0 saturated heterocycles. The second kappa shape index (κ2) is 4.58. The largest absolute Gasteiger partial charge is 0.369 e. The van der Waals surface area contributed by atoms with Gasteiger partial charge in [-0.2, -0.15) is 5.10 Å². The van der Waals surface area contributed by atoms with Gasteiger partial charge in [0.2, 0.25) is 0 Å². The second-order valence-electron chi connectivity index (χ2n) is 5.69. The van der Waals surface area contributed by atoms with Gasteiger partial charge in [-0.1, -0.05) is 6.42 Å². The molecule has 0 amide bonds. The highest BCUT2D eigenvalue weighted by Crippen LogP contribution is 2.51. The van der Waals surface area contributed by atoms with Gasteiger partial charge in [0.15, 0.2) is 0 Å². The van der Waals surface area contributed by atoms with Crippen LogP contribution in [0.2, 0.25) is 0 Å². The number of hydrogen-bond acceptors (Lipinski definition) is 3. The molecular weight excluding hydrogens is 316 g/mol. The number of nitrogens with zero attached hydrogens (tertiary/aromatic N) is 3. The van der Waals surface area contributed by atoms with Gasteiger partial charge in [-0.15, -0.1) is 0 Å². The van der Waals surface area contributed by atoms with Crippen LogP contribution in [0.15, 0.2) is 29.0 Å². The van der Waals surface area contributed by atoms with Crippen LogP contribution in [0.25, 0.3) is 0 Å². The van der Waals surface area contributed by atoms with Gasteiger partial charge in [-0.25, -0.2) is 4.68 Å². The zero-order valence-corrected chi connectivity index (χ0v) is 12.9. The third-order valence-electron chi connectivity index (χ3n) is 4.63. The maximum absolute atomic E-state index is 4.91. The van der Waals surface area contributed by atoms with Gasteiger partial charge >= 0.3 is 0 Å². The lowest BCUT2D eigenvalue weighted by atomic mass is 9.63. The molecule has 0 atom stereocenters. The van der Waals surface area contributed by atoms with Crippen molar-refractivity contribution in [1.82, 2.24) is 14.8 Å². The predicted octanol–water partition coefficient (Wildman–Crippen LogP) is 3.33. The minimum Gasteiger partial charge on any atom is -0.369 e. The van der Waals surface area contributed by atoms with Crippen molar-refractivity contribution in [3.63, 3.8) is 0 Å². The Morgan fingerprint density at radius 1 is 1.20 bits per heavy atom. The maximum Gasteiger partial charge on any atom is 0.139 e. The van der Waals surface area contributed by atoms with Gasteiger partial charge in [0, 0.05) is 30.9 Å². The van der Waals surface area contributed by atoms with Gasteiger partial charge in [-0.05, 0) is 52.9 Å². The summed E-state index contributed by atoms with van der Waals surface area (Å²) in [4.78, 5) is 4.15. The highest BCUT2D eigenvalue weighted by atomic mass is 79.9. The summed E-state index contributed by atoms with van der Waals surface area (Å²) in [6, 6.07) is 4.27. The van der Waals surface area contributed by atoms with E-state index in [1.54, 1.807) is 0 Å². The normalized spacial score (nSPS) is 19.9. The molecule has 4 rings (SSSR count). The van der Waals surface area contributed by atoms with Crippen LogP contribution in [0.3, 0.4) is 0 Å². The number of fused-ring (bicyclic) bond motifs is 1. The van der Waals surface area contributed by atoms with Gasteiger partial charge < -0.3 is 5.32 Å². The molecule has 0 radical (unpaired) electrons. The van der Waals surface area contributed by atoms with Gasteiger partial charge in [0.05, 0.1) is 10.2 Å². The monoisotopic (exact) mass is 332 g/mol.